The monoisotopic (exact) mass is 351 g/mol. The summed E-state index contributed by atoms with van der Waals surface area (Å²) in [4.78, 5) is 7.62. The molecule has 0 saturated heterocycles. The van der Waals surface area contributed by atoms with Crippen molar-refractivity contribution >= 4 is 17.5 Å². The average molecular weight is 351 g/mol. The highest BCUT2D eigenvalue weighted by Gasteiger charge is 2.62. The lowest BCUT2D eigenvalue weighted by atomic mass is 10.00. The number of aromatic nitrogens is 2. The predicted octanol–water partition coefficient (Wildman–Crippen LogP) is 2.54. The van der Waals surface area contributed by atoms with Gasteiger partial charge in [-0.3, -0.25) is 0 Å². The van der Waals surface area contributed by atoms with Crippen molar-refractivity contribution in [3.05, 3.63) is 47.2 Å². The van der Waals surface area contributed by atoms with Crippen LogP contribution in [0, 0.1) is 13.8 Å². The van der Waals surface area contributed by atoms with Gasteiger partial charge in [0.1, 0.15) is 0 Å². The minimum Gasteiger partial charge on any atom is -0.368 e. The molecule has 0 aliphatic carbocycles. The smallest absolute Gasteiger partial charge is 0.368 e. The second kappa shape index (κ2) is 5.69. The molecule has 0 fully saturated rings. The van der Waals surface area contributed by atoms with Gasteiger partial charge >= 0.3 is 6.18 Å². The van der Waals surface area contributed by atoms with Gasteiger partial charge in [-0.15, -0.1) is 0 Å². The molecule has 6 nitrogen and oxygen atoms in total. The Morgan fingerprint density at radius 2 is 1.80 bits per heavy atom. The zero-order valence-electron chi connectivity index (χ0n) is 13.5. The molecular formula is C16H16F3N5O. The molecule has 1 aromatic heterocycles. The predicted molar refractivity (Wildman–Crippen MR) is 87.0 cm³/mol. The number of benzene rings is 1. The first-order valence-corrected chi connectivity index (χ1v) is 7.45. The Bertz CT molecular complexity index is 814. The first-order chi connectivity index (χ1) is 11.6. The van der Waals surface area contributed by atoms with Gasteiger partial charge in [0.25, 0.3) is 5.72 Å². The van der Waals surface area contributed by atoms with Gasteiger partial charge in [0.15, 0.2) is 5.82 Å². The van der Waals surface area contributed by atoms with E-state index in [1.165, 1.54) is 6.07 Å². The number of anilines is 2. The Balaban J connectivity index is 2.11. The van der Waals surface area contributed by atoms with Crippen LogP contribution >= 0.6 is 0 Å². The third-order valence-electron chi connectivity index (χ3n) is 3.90. The summed E-state index contributed by atoms with van der Waals surface area (Å²) in [5, 5.41) is 14.9. The fourth-order valence-electron chi connectivity index (χ4n) is 2.60. The standard InChI is InChI=1S/C16H16F3N5O/c1-9-3-5-11(6-4-9)12-8-15(25,16(17,18)19)24(23-12)13-7-10(2)21-14(20)22-13/h3-7,25H,8H2,1-2H3,(H2,20,21,22)/t15-/m1/s1. The second-order valence-electron chi connectivity index (χ2n) is 5.94. The lowest BCUT2D eigenvalue weighted by Gasteiger charge is -2.33. The van der Waals surface area contributed by atoms with E-state index in [9.17, 15) is 18.3 Å². The number of hydrogen-bond acceptors (Lipinski definition) is 6. The number of aryl methyl sites for hydroxylation is 2. The highest BCUT2D eigenvalue weighted by atomic mass is 19.4. The minimum absolute atomic E-state index is 0.106. The molecule has 2 aromatic rings. The molecule has 1 aliphatic heterocycles. The van der Waals surface area contributed by atoms with Gasteiger partial charge < -0.3 is 10.8 Å². The van der Waals surface area contributed by atoms with Gasteiger partial charge in [0.05, 0.1) is 12.1 Å². The number of rotatable bonds is 2. The molecule has 1 atom stereocenters. The zero-order chi connectivity index (χ0) is 18.4. The van der Waals surface area contributed by atoms with Crippen LogP contribution in [-0.2, 0) is 0 Å². The first kappa shape index (κ1) is 17.2. The van der Waals surface area contributed by atoms with E-state index >= 15 is 0 Å². The SMILES string of the molecule is Cc1ccc(C2=NN(c3cc(C)nc(N)n3)[C@](O)(C(F)(F)F)C2)cc1. The quantitative estimate of drug-likeness (QED) is 0.868. The first-order valence-electron chi connectivity index (χ1n) is 7.45. The number of halogens is 3. The van der Waals surface area contributed by atoms with E-state index in [0.717, 1.165) is 5.56 Å². The molecule has 9 heteroatoms. The topological polar surface area (TPSA) is 87.6 Å². The summed E-state index contributed by atoms with van der Waals surface area (Å²) < 4.78 is 40.8. The van der Waals surface area contributed by atoms with E-state index in [-0.39, 0.29) is 17.5 Å². The maximum Gasteiger partial charge on any atom is 0.438 e. The lowest BCUT2D eigenvalue weighted by molar-refractivity contribution is -0.254. The Kier molecular flexibility index (Phi) is 3.91. The normalized spacial score (nSPS) is 20.7. The zero-order valence-corrected chi connectivity index (χ0v) is 13.5. The molecule has 2 heterocycles. The maximum absolute atomic E-state index is 13.6. The summed E-state index contributed by atoms with van der Waals surface area (Å²) in [6, 6.07) is 8.14. The molecule has 132 valence electrons. The largest absolute Gasteiger partial charge is 0.438 e. The summed E-state index contributed by atoms with van der Waals surface area (Å²) in [6.45, 7) is 3.43. The number of alkyl halides is 3. The van der Waals surface area contributed by atoms with Crippen LogP contribution in [0.2, 0.25) is 0 Å². The Morgan fingerprint density at radius 3 is 2.36 bits per heavy atom. The molecule has 25 heavy (non-hydrogen) atoms. The molecule has 0 amide bonds. The number of aliphatic hydroxyl groups is 1. The van der Waals surface area contributed by atoms with E-state index in [1.54, 1.807) is 31.2 Å². The molecular weight excluding hydrogens is 335 g/mol. The summed E-state index contributed by atoms with van der Waals surface area (Å²) >= 11 is 0. The van der Waals surface area contributed by atoms with Crippen LogP contribution in [0.3, 0.4) is 0 Å². The van der Waals surface area contributed by atoms with E-state index in [4.69, 9.17) is 5.73 Å². The van der Waals surface area contributed by atoms with Gasteiger partial charge in [0, 0.05) is 11.8 Å². The van der Waals surface area contributed by atoms with Crippen molar-refractivity contribution < 1.29 is 18.3 Å². The van der Waals surface area contributed by atoms with Crippen molar-refractivity contribution in [1.29, 1.82) is 0 Å². The van der Waals surface area contributed by atoms with Gasteiger partial charge in [-0.05, 0) is 19.4 Å². The van der Waals surface area contributed by atoms with Crippen LogP contribution in [-0.4, -0.2) is 32.7 Å². The number of hydrazone groups is 1. The van der Waals surface area contributed by atoms with E-state index in [0.29, 0.717) is 16.3 Å². The van der Waals surface area contributed by atoms with Gasteiger partial charge in [0.2, 0.25) is 5.95 Å². The number of hydrogen-bond donors (Lipinski definition) is 2. The molecule has 0 saturated carbocycles. The molecule has 1 aliphatic rings. The fraction of sp³-hybridized carbons (Fsp3) is 0.312. The van der Waals surface area contributed by atoms with Gasteiger partial charge in [-0.1, -0.05) is 29.8 Å². The van der Waals surface area contributed by atoms with Crippen molar-refractivity contribution in [3.8, 4) is 0 Å². The minimum atomic E-state index is -4.95. The number of nitrogens with zero attached hydrogens (tertiary/aromatic N) is 4. The van der Waals surface area contributed by atoms with Crippen LogP contribution in [0.4, 0.5) is 24.9 Å². The molecule has 3 rings (SSSR count). The molecule has 0 radical (unpaired) electrons. The van der Waals surface area contributed by atoms with Crippen LogP contribution in [0.15, 0.2) is 35.4 Å². The Hall–Kier alpha value is -2.68. The van der Waals surface area contributed by atoms with Crippen LogP contribution in [0.25, 0.3) is 0 Å². The summed E-state index contributed by atoms with van der Waals surface area (Å²) in [7, 11) is 0. The molecule has 0 bridgehead atoms. The van der Waals surface area contributed by atoms with Crippen LogP contribution in [0.1, 0.15) is 23.2 Å². The van der Waals surface area contributed by atoms with Crippen molar-refractivity contribution in [2.75, 3.05) is 10.7 Å². The van der Waals surface area contributed by atoms with E-state index in [2.05, 4.69) is 15.1 Å². The van der Waals surface area contributed by atoms with Crippen molar-refractivity contribution in [2.45, 2.75) is 32.2 Å². The summed E-state index contributed by atoms with van der Waals surface area (Å²) in [5.74, 6) is -0.412. The Labute approximate surface area is 141 Å². The summed E-state index contributed by atoms with van der Waals surface area (Å²) in [5.41, 5.74) is 4.25. The van der Waals surface area contributed by atoms with Crippen LogP contribution < -0.4 is 10.7 Å². The highest BCUT2D eigenvalue weighted by Crippen LogP contribution is 2.43. The number of nitrogens with two attached hydrogens (primary N) is 1. The second-order valence-corrected chi connectivity index (χ2v) is 5.94. The van der Waals surface area contributed by atoms with Gasteiger partial charge in [-0.2, -0.15) is 23.3 Å². The summed E-state index contributed by atoms with van der Waals surface area (Å²) in [6.07, 6.45) is -5.67. The van der Waals surface area contributed by atoms with E-state index in [1.807, 2.05) is 6.92 Å². The lowest BCUT2D eigenvalue weighted by Crippen LogP contribution is -2.55. The van der Waals surface area contributed by atoms with E-state index < -0.39 is 18.3 Å². The van der Waals surface area contributed by atoms with Crippen molar-refractivity contribution in [2.24, 2.45) is 5.10 Å². The fourth-order valence-corrected chi connectivity index (χ4v) is 2.60. The molecule has 0 spiro atoms. The van der Waals surface area contributed by atoms with Crippen LogP contribution in [0.5, 0.6) is 0 Å². The van der Waals surface area contributed by atoms with Crippen molar-refractivity contribution in [1.82, 2.24) is 9.97 Å². The maximum atomic E-state index is 13.6. The average Bonchev–Trinajstić information content (AvgIpc) is 2.86. The van der Waals surface area contributed by atoms with Crippen molar-refractivity contribution in [3.63, 3.8) is 0 Å². The molecule has 0 unspecified atom stereocenters. The molecule has 3 N–H and O–H groups in total. The third-order valence-corrected chi connectivity index (χ3v) is 3.90. The molecule has 1 aromatic carbocycles. The van der Waals surface area contributed by atoms with Gasteiger partial charge in [-0.25, -0.2) is 9.99 Å². The Morgan fingerprint density at radius 1 is 1.16 bits per heavy atom. The number of nitrogen functional groups attached to an aromatic ring is 1. The highest BCUT2D eigenvalue weighted by molar-refractivity contribution is 6.03. The third kappa shape index (κ3) is 3.02.